The molecule has 3 nitrogen and oxygen atoms in total. The zero-order valence-electron chi connectivity index (χ0n) is 16.5. The normalized spacial score (nSPS) is 26.5. The number of hydrogen-bond acceptors (Lipinski definition) is 3. The Kier molecular flexibility index (Phi) is 4.79. The molecule has 3 aliphatic heterocycles. The van der Waals surface area contributed by atoms with E-state index in [1.807, 2.05) is 0 Å². The van der Waals surface area contributed by atoms with E-state index in [0.29, 0.717) is 12.1 Å². The summed E-state index contributed by atoms with van der Waals surface area (Å²) >= 11 is 0. The summed E-state index contributed by atoms with van der Waals surface area (Å²) in [7, 11) is 1.77. The van der Waals surface area contributed by atoms with Gasteiger partial charge in [-0.3, -0.25) is 4.90 Å². The van der Waals surface area contributed by atoms with E-state index in [1.165, 1.54) is 47.8 Å². The Hall–Kier alpha value is -2.36. The third-order valence-corrected chi connectivity index (χ3v) is 6.69. The van der Waals surface area contributed by atoms with Crippen molar-refractivity contribution >= 4 is 10.8 Å². The van der Waals surface area contributed by atoms with Gasteiger partial charge in [-0.15, -0.1) is 0 Å². The van der Waals surface area contributed by atoms with Gasteiger partial charge in [0.1, 0.15) is 5.75 Å². The van der Waals surface area contributed by atoms with Crippen molar-refractivity contribution in [2.45, 2.75) is 31.5 Å². The van der Waals surface area contributed by atoms with E-state index in [2.05, 4.69) is 76.9 Å². The topological polar surface area (TPSA) is 24.5 Å². The minimum absolute atomic E-state index is 0.467. The van der Waals surface area contributed by atoms with Crippen molar-refractivity contribution < 1.29 is 4.74 Å². The van der Waals surface area contributed by atoms with Gasteiger partial charge >= 0.3 is 0 Å². The summed E-state index contributed by atoms with van der Waals surface area (Å²) < 4.78 is 5.72. The molecule has 0 aliphatic carbocycles. The van der Waals surface area contributed by atoms with Gasteiger partial charge in [-0.25, -0.2) is 0 Å². The maximum atomic E-state index is 5.72. The molecule has 3 heterocycles. The van der Waals surface area contributed by atoms with Gasteiger partial charge in [0.2, 0.25) is 0 Å². The molecule has 3 aliphatic rings. The number of nitrogens with zero attached hydrogens (tertiary/aromatic N) is 1. The lowest BCUT2D eigenvalue weighted by molar-refractivity contribution is 0.0112. The van der Waals surface area contributed by atoms with Crippen LogP contribution in [-0.2, 0) is 6.54 Å². The van der Waals surface area contributed by atoms with Crippen molar-refractivity contribution in [3.8, 4) is 5.75 Å². The molecular weight excluding hydrogens is 344 g/mol. The van der Waals surface area contributed by atoms with Crippen LogP contribution >= 0.6 is 0 Å². The Morgan fingerprint density at radius 1 is 0.929 bits per heavy atom. The fraction of sp³-hybridized carbons (Fsp3) is 0.360. The number of hydrogen-bond donors (Lipinski definition) is 1. The molecule has 2 unspecified atom stereocenters. The number of piperidine rings is 3. The molecule has 144 valence electrons. The lowest BCUT2D eigenvalue weighted by Gasteiger charge is -2.51. The van der Waals surface area contributed by atoms with Crippen molar-refractivity contribution in [3.05, 3.63) is 77.9 Å². The molecule has 3 aromatic rings. The maximum Gasteiger partial charge on any atom is 0.123 e. The number of nitrogens with one attached hydrogen (secondary N) is 1. The van der Waals surface area contributed by atoms with Crippen LogP contribution in [0, 0.1) is 5.92 Å². The molecule has 3 aromatic carbocycles. The van der Waals surface area contributed by atoms with Crippen molar-refractivity contribution in [1.29, 1.82) is 0 Å². The molecule has 2 atom stereocenters. The first kappa shape index (κ1) is 17.7. The Bertz CT molecular complexity index is 947. The first-order chi connectivity index (χ1) is 13.8. The highest BCUT2D eigenvalue weighted by molar-refractivity contribution is 5.87. The lowest BCUT2D eigenvalue weighted by Crippen LogP contribution is -2.57. The van der Waals surface area contributed by atoms with Crippen LogP contribution in [0.3, 0.4) is 0 Å². The van der Waals surface area contributed by atoms with Crippen LogP contribution in [0.1, 0.15) is 30.0 Å². The summed E-state index contributed by atoms with van der Waals surface area (Å²) in [6, 6.07) is 24.8. The number of methoxy groups -OCH3 is 1. The van der Waals surface area contributed by atoms with Crippen molar-refractivity contribution in [3.63, 3.8) is 0 Å². The van der Waals surface area contributed by atoms with Gasteiger partial charge in [0.15, 0.2) is 0 Å². The summed E-state index contributed by atoms with van der Waals surface area (Å²) in [5.41, 5.74) is 2.71. The van der Waals surface area contributed by atoms with Crippen LogP contribution in [0.4, 0.5) is 0 Å². The summed E-state index contributed by atoms with van der Waals surface area (Å²) in [6.45, 7) is 3.28. The summed E-state index contributed by atoms with van der Waals surface area (Å²) in [6.07, 6.45) is 2.60. The third kappa shape index (κ3) is 3.09. The largest absolute Gasteiger partial charge is 0.496 e. The highest BCUT2D eigenvalue weighted by Gasteiger charge is 2.42. The smallest absolute Gasteiger partial charge is 0.123 e. The quantitative estimate of drug-likeness (QED) is 0.698. The van der Waals surface area contributed by atoms with Crippen LogP contribution in [0.25, 0.3) is 10.8 Å². The molecule has 2 bridgehead atoms. The molecule has 3 saturated heterocycles. The van der Waals surface area contributed by atoms with Gasteiger partial charge in [-0.2, -0.15) is 0 Å². The van der Waals surface area contributed by atoms with Crippen LogP contribution < -0.4 is 10.1 Å². The van der Waals surface area contributed by atoms with E-state index >= 15 is 0 Å². The van der Waals surface area contributed by atoms with Crippen LogP contribution in [0.15, 0.2) is 66.7 Å². The number of fused-ring (bicyclic) bond motifs is 4. The van der Waals surface area contributed by atoms with E-state index < -0.39 is 0 Å². The lowest BCUT2D eigenvalue weighted by atomic mass is 9.76. The van der Waals surface area contributed by atoms with Crippen molar-refractivity contribution in [2.75, 3.05) is 20.2 Å². The second-order valence-electron chi connectivity index (χ2n) is 8.10. The SMILES string of the molecule is COc1ccc2ccccc2c1CNC1C2CCN(CC2)C1c1ccccc1. The Balaban J connectivity index is 1.46. The van der Waals surface area contributed by atoms with Crippen molar-refractivity contribution in [1.82, 2.24) is 10.2 Å². The molecule has 3 fully saturated rings. The molecule has 1 N–H and O–H groups in total. The van der Waals surface area contributed by atoms with E-state index in [0.717, 1.165) is 18.2 Å². The first-order valence-electron chi connectivity index (χ1n) is 10.4. The van der Waals surface area contributed by atoms with Gasteiger partial charge < -0.3 is 10.1 Å². The average molecular weight is 373 g/mol. The molecule has 0 amide bonds. The van der Waals surface area contributed by atoms with Crippen LogP contribution in [0.5, 0.6) is 5.75 Å². The van der Waals surface area contributed by atoms with E-state index in [-0.39, 0.29) is 0 Å². The fourth-order valence-corrected chi connectivity index (χ4v) is 5.30. The van der Waals surface area contributed by atoms with Gasteiger partial charge in [-0.05, 0) is 54.3 Å². The summed E-state index contributed by atoms with van der Waals surface area (Å²) in [5, 5.41) is 6.52. The molecule has 28 heavy (non-hydrogen) atoms. The van der Waals surface area contributed by atoms with E-state index in [1.54, 1.807) is 7.11 Å². The minimum Gasteiger partial charge on any atom is -0.496 e. The molecule has 0 radical (unpaired) electrons. The summed E-state index contributed by atoms with van der Waals surface area (Å²) in [4.78, 5) is 2.67. The molecule has 0 saturated carbocycles. The number of rotatable bonds is 5. The van der Waals surface area contributed by atoms with Gasteiger partial charge in [0.25, 0.3) is 0 Å². The van der Waals surface area contributed by atoms with Crippen LogP contribution in [-0.4, -0.2) is 31.1 Å². The van der Waals surface area contributed by atoms with E-state index in [4.69, 9.17) is 4.74 Å². The monoisotopic (exact) mass is 372 g/mol. The zero-order valence-corrected chi connectivity index (χ0v) is 16.5. The molecule has 0 spiro atoms. The summed E-state index contributed by atoms with van der Waals surface area (Å²) in [5.74, 6) is 1.72. The molecule has 3 heteroatoms. The predicted molar refractivity (Wildman–Crippen MR) is 115 cm³/mol. The minimum atomic E-state index is 0.467. The fourth-order valence-electron chi connectivity index (χ4n) is 5.30. The maximum absolute atomic E-state index is 5.72. The molecule has 0 aromatic heterocycles. The first-order valence-corrected chi connectivity index (χ1v) is 10.4. The predicted octanol–water partition coefficient (Wildman–Crippen LogP) is 4.77. The molecule has 6 rings (SSSR count). The zero-order chi connectivity index (χ0) is 18.9. The van der Waals surface area contributed by atoms with Gasteiger partial charge in [-0.1, -0.05) is 60.7 Å². The molecular formula is C25H28N2O. The second-order valence-corrected chi connectivity index (χ2v) is 8.10. The second kappa shape index (κ2) is 7.57. The Morgan fingerprint density at radius 2 is 1.68 bits per heavy atom. The van der Waals surface area contributed by atoms with Gasteiger partial charge in [0.05, 0.1) is 13.2 Å². The third-order valence-electron chi connectivity index (χ3n) is 6.69. The number of benzene rings is 3. The highest BCUT2D eigenvalue weighted by Crippen LogP contribution is 2.41. The van der Waals surface area contributed by atoms with Crippen molar-refractivity contribution in [2.24, 2.45) is 5.92 Å². The highest BCUT2D eigenvalue weighted by atomic mass is 16.5. The van der Waals surface area contributed by atoms with Crippen LogP contribution in [0.2, 0.25) is 0 Å². The Labute approximate surface area is 167 Å². The Morgan fingerprint density at radius 3 is 2.46 bits per heavy atom. The standard InChI is InChI=1S/C25H28N2O/c1-28-23-12-11-18-7-5-6-10-21(18)22(23)17-26-24-19-13-15-27(16-14-19)25(24)20-8-3-2-4-9-20/h2-12,19,24-26H,13-17H2,1H3. The van der Waals surface area contributed by atoms with Gasteiger partial charge in [0, 0.05) is 18.2 Å². The number of ether oxygens (including phenoxy) is 1. The average Bonchev–Trinajstić information content (AvgIpc) is 2.78. The van der Waals surface area contributed by atoms with E-state index in [9.17, 15) is 0 Å².